The van der Waals surface area contributed by atoms with Crippen molar-refractivity contribution in [2.75, 3.05) is 6.61 Å². The first kappa shape index (κ1) is 12.6. The van der Waals surface area contributed by atoms with Gasteiger partial charge in [0.05, 0.1) is 5.60 Å². The second-order valence-electron chi connectivity index (χ2n) is 5.10. The van der Waals surface area contributed by atoms with Gasteiger partial charge in [-0.1, -0.05) is 49.6 Å². The molecule has 0 amide bonds. The van der Waals surface area contributed by atoms with Gasteiger partial charge >= 0.3 is 0 Å². The van der Waals surface area contributed by atoms with Gasteiger partial charge in [0, 0.05) is 13.0 Å². The molecule has 94 valence electrons. The zero-order valence-corrected chi connectivity index (χ0v) is 10.3. The third-order valence-electron chi connectivity index (χ3n) is 4.05. The molecule has 1 aliphatic carbocycles. The van der Waals surface area contributed by atoms with Gasteiger partial charge in [-0.15, -0.1) is 0 Å². The van der Waals surface area contributed by atoms with Gasteiger partial charge in [-0.3, -0.25) is 0 Å². The Morgan fingerprint density at radius 3 is 2.29 bits per heavy atom. The number of hydrogen-bond donors (Lipinski definition) is 2. The number of aliphatic hydroxyl groups is 2. The first-order valence-corrected chi connectivity index (χ1v) is 6.66. The van der Waals surface area contributed by atoms with Crippen molar-refractivity contribution >= 4 is 0 Å². The zero-order chi connectivity index (χ0) is 12.1. The van der Waals surface area contributed by atoms with Crippen LogP contribution in [0.15, 0.2) is 30.3 Å². The highest BCUT2D eigenvalue weighted by molar-refractivity contribution is 5.23. The molecule has 0 aromatic heterocycles. The summed E-state index contributed by atoms with van der Waals surface area (Å²) in [4.78, 5) is 0. The van der Waals surface area contributed by atoms with Gasteiger partial charge in [-0.25, -0.2) is 0 Å². The molecule has 1 aliphatic rings. The fraction of sp³-hybridized carbons (Fsp3) is 0.600. The van der Waals surface area contributed by atoms with Crippen LogP contribution in [0.3, 0.4) is 0 Å². The van der Waals surface area contributed by atoms with Crippen LogP contribution < -0.4 is 0 Å². The first-order chi connectivity index (χ1) is 8.27. The summed E-state index contributed by atoms with van der Waals surface area (Å²) < 4.78 is 0. The predicted octanol–water partition coefficient (Wildman–Crippen LogP) is 2.84. The van der Waals surface area contributed by atoms with Crippen LogP contribution >= 0.6 is 0 Å². The lowest BCUT2D eigenvalue weighted by Gasteiger charge is -2.38. The molecule has 0 radical (unpaired) electrons. The molecule has 1 saturated carbocycles. The van der Waals surface area contributed by atoms with Gasteiger partial charge in [-0.2, -0.15) is 0 Å². The maximum Gasteiger partial charge on any atom is 0.0946 e. The SMILES string of the molecule is OCCC(O)(c1ccccc1)C1CCCCC1. The first-order valence-electron chi connectivity index (χ1n) is 6.66. The molecule has 1 fully saturated rings. The third kappa shape index (κ3) is 2.70. The van der Waals surface area contributed by atoms with Gasteiger partial charge < -0.3 is 10.2 Å². The number of benzene rings is 1. The van der Waals surface area contributed by atoms with Crippen molar-refractivity contribution in [1.82, 2.24) is 0 Å². The minimum absolute atomic E-state index is 0.0435. The van der Waals surface area contributed by atoms with Crippen LogP contribution in [0.25, 0.3) is 0 Å². The van der Waals surface area contributed by atoms with Crippen LogP contribution in [0.1, 0.15) is 44.1 Å². The average molecular weight is 234 g/mol. The summed E-state index contributed by atoms with van der Waals surface area (Å²) in [6.07, 6.45) is 6.27. The van der Waals surface area contributed by atoms with E-state index in [9.17, 15) is 10.2 Å². The summed E-state index contributed by atoms with van der Waals surface area (Å²) in [5, 5.41) is 20.2. The van der Waals surface area contributed by atoms with Crippen LogP contribution in [0.5, 0.6) is 0 Å². The van der Waals surface area contributed by atoms with Gasteiger partial charge in [-0.05, 0) is 24.3 Å². The van der Waals surface area contributed by atoms with Gasteiger partial charge in [0.2, 0.25) is 0 Å². The topological polar surface area (TPSA) is 40.5 Å². The van der Waals surface area contributed by atoms with E-state index >= 15 is 0 Å². The average Bonchev–Trinajstić information content (AvgIpc) is 2.41. The van der Waals surface area contributed by atoms with E-state index in [4.69, 9.17) is 0 Å². The van der Waals surface area contributed by atoms with E-state index in [2.05, 4.69) is 0 Å². The van der Waals surface area contributed by atoms with E-state index < -0.39 is 5.60 Å². The second kappa shape index (κ2) is 5.65. The highest BCUT2D eigenvalue weighted by atomic mass is 16.3. The van der Waals surface area contributed by atoms with Crippen LogP contribution in [-0.4, -0.2) is 16.8 Å². The molecule has 17 heavy (non-hydrogen) atoms. The summed E-state index contributed by atoms with van der Waals surface area (Å²) in [6.45, 7) is 0.0435. The maximum atomic E-state index is 10.9. The number of aliphatic hydroxyl groups excluding tert-OH is 1. The molecule has 0 aliphatic heterocycles. The Balaban J connectivity index is 2.24. The molecule has 2 heteroatoms. The monoisotopic (exact) mass is 234 g/mol. The summed E-state index contributed by atoms with van der Waals surface area (Å²) in [5.41, 5.74) is 0.122. The van der Waals surface area contributed by atoms with Crippen molar-refractivity contribution in [2.45, 2.75) is 44.1 Å². The van der Waals surface area contributed by atoms with Gasteiger partial charge in [0.25, 0.3) is 0 Å². The highest BCUT2D eigenvalue weighted by Crippen LogP contribution is 2.41. The van der Waals surface area contributed by atoms with Crippen LogP contribution in [0, 0.1) is 5.92 Å². The summed E-state index contributed by atoms with van der Waals surface area (Å²) in [6, 6.07) is 9.83. The van der Waals surface area contributed by atoms with Crippen LogP contribution in [-0.2, 0) is 5.60 Å². The van der Waals surface area contributed by atoms with Crippen LogP contribution in [0.4, 0.5) is 0 Å². The number of rotatable bonds is 4. The fourth-order valence-corrected chi connectivity index (χ4v) is 3.06. The van der Waals surface area contributed by atoms with E-state index in [-0.39, 0.29) is 6.61 Å². The molecule has 1 unspecified atom stereocenters. The van der Waals surface area contributed by atoms with E-state index in [0.717, 1.165) is 18.4 Å². The van der Waals surface area contributed by atoms with E-state index in [1.165, 1.54) is 19.3 Å². The molecule has 1 aromatic carbocycles. The molecule has 1 atom stereocenters. The molecular formula is C15H22O2. The van der Waals surface area contributed by atoms with Gasteiger partial charge in [0.15, 0.2) is 0 Å². The Kier molecular flexibility index (Phi) is 4.19. The minimum Gasteiger partial charge on any atom is -0.396 e. The zero-order valence-electron chi connectivity index (χ0n) is 10.3. The third-order valence-corrected chi connectivity index (χ3v) is 4.05. The van der Waals surface area contributed by atoms with Gasteiger partial charge in [0.1, 0.15) is 0 Å². The Hall–Kier alpha value is -0.860. The van der Waals surface area contributed by atoms with E-state index in [1.807, 2.05) is 30.3 Å². The van der Waals surface area contributed by atoms with Crippen molar-refractivity contribution in [3.63, 3.8) is 0 Å². The Morgan fingerprint density at radius 2 is 1.71 bits per heavy atom. The Bertz CT molecular complexity index is 330. The quantitative estimate of drug-likeness (QED) is 0.841. The lowest BCUT2D eigenvalue weighted by molar-refractivity contribution is -0.0560. The lowest BCUT2D eigenvalue weighted by atomic mass is 9.72. The minimum atomic E-state index is -0.837. The molecule has 2 nitrogen and oxygen atoms in total. The standard InChI is InChI=1S/C15H22O2/c16-12-11-15(17,13-7-3-1-4-8-13)14-9-5-2-6-10-14/h1,3-4,7-8,14,16-17H,2,5-6,9-12H2. The molecule has 2 N–H and O–H groups in total. The normalized spacial score (nSPS) is 21.1. The van der Waals surface area contributed by atoms with Crippen LogP contribution in [0.2, 0.25) is 0 Å². The highest BCUT2D eigenvalue weighted by Gasteiger charge is 2.38. The molecule has 0 saturated heterocycles. The molecular weight excluding hydrogens is 212 g/mol. The summed E-state index contributed by atoms with van der Waals surface area (Å²) in [7, 11) is 0. The summed E-state index contributed by atoms with van der Waals surface area (Å²) in [5.74, 6) is 0.297. The smallest absolute Gasteiger partial charge is 0.0946 e. The Morgan fingerprint density at radius 1 is 1.06 bits per heavy atom. The lowest BCUT2D eigenvalue weighted by Crippen LogP contribution is -2.37. The van der Waals surface area contributed by atoms with Crippen molar-refractivity contribution in [1.29, 1.82) is 0 Å². The van der Waals surface area contributed by atoms with Crippen molar-refractivity contribution < 1.29 is 10.2 Å². The maximum absolute atomic E-state index is 10.9. The second-order valence-corrected chi connectivity index (χ2v) is 5.10. The van der Waals surface area contributed by atoms with E-state index in [1.54, 1.807) is 0 Å². The Labute approximate surface area is 103 Å². The molecule has 2 rings (SSSR count). The summed E-state index contributed by atoms with van der Waals surface area (Å²) >= 11 is 0. The van der Waals surface area contributed by atoms with E-state index in [0.29, 0.717) is 12.3 Å². The van der Waals surface area contributed by atoms with Crippen molar-refractivity contribution in [3.8, 4) is 0 Å². The largest absolute Gasteiger partial charge is 0.396 e. The van der Waals surface area contributed by atoms with Crippen molar-refractivity contribution in [2.24, 2.45) is 5.92 Å². The molecule has 1 aromatic rings. The van der Waals surface area contributed by atoms with Crippen molar-refractivity contribution in [3.05, 3.63) is 35.9 Å². The molecule has 0 heterocycles. The fourth-order valence-electron chi connectivity index (χ4n) is 3.06. The number of hydrogen-bond acceptors (Lipinski definition) is 2. The molecule has 0 spiro atoms. The molecule has 0 bridgehead atoms. The predicted molar refractivity (Wildman–Crippen MR) is 68.6 cm³/mol.